The zero-order chi connectivity index (χ0) is 14.1. The van der Waals surface area contributed by atoms with Gasteiger partial charge in [-0.3, -0.25) is 14.2 Å². The Morgan fingerprint density at radius 1 is 1.44 bits per heavy atom. The Hall–Kier alpha value is -1.86. The Morgan fingerprint density at radius 2 is 2.00 bits per heavy atom. The van der Waals surface area contributed by atoms with E-state index in [1.807, 2.05) is 0 Å². The van der Waals surface area contributed by atoms with Crippen molar-refractivity contribution in [1.82, 2.24) is 9.55 Å². The first kappa shape index (κ1) is 14.2. The summed E-state index contributed by atoms with van der Waals surface area (Å²) in [6.45, 7) is 2.18. The van der Waals surface area contributed by atoms with Gasteiger partial charge in [0.25, 0.3) is 5.56 Å². The number of halogens is 3. The van der Waals surface area contributed by atoms with Crippen LogP contribution in [0.1, 0.15) is 36.7 Å². The second-order valence-corrected chi connectivity index (χ2v) is 3.91. The fourth-order valence-corrected chi connectivity index (χ4v) is 1.57. The maximum Gasteiger partial charge on any atom is 0.391 e. The van der Waals surface area contributed by atoms with Crippen LogP contribution in [0.15, 0.2) is 15.8 Å². The highest BCUT2D eigenvalue weighted by atomic mass is 19.4. The molecule has 0 bridgehead atoms. The molecule has 1 aromatic rings. The molecule has 0 radical (unpaired) electrons. The van der Waals surface area contributed by atoms with Gasteiger partial charge in [-0.1, -0.05) is 0 Å². The summed E-state index contributed by atoms with van der Waals surface area (Å²) < 4.78 is 37.1. The number of H-pyrrole nitrogens is 1. The van der Waals surface area contributed by atoms with Crippen LogP contribution >= 0.6 is 0 Å². The monoisotopic (exact) mass is 264 g/mol. The molecule has 0 amide bonds. The van der Waals surface area contributed by atoms with Crippen LogP contribution < -0.4 is 11.2 Å². The Balaban J connectivity index is 3.32. The fourth-order valence-electron chi connectivity index (χ4n) is 1.57. The van der Waals surface area contributed by atoms with Crippen LogP contribution in [0.4, 0.5) is 13.2 Å². The van der Waals surface area contributed by atoms with E-state index in [4.69, 9.17) is 0 Å². The van der Waals surface area contributed by atoms with Gasteiger partial charge in [0.05, 0.1) is 12.0 Å². The number of aromatic amines is 1. The highest BCUT2D eigenvalue weighted by Gasteiger charge is 2.32. The lowest BCUT2D eigenvalue weighted by Gasteiger charge is -2.16. The van der Waals surface area contributed by atoms with Gasteiger partial charge in [-0.25, -0.2) is 4.79 Å². The summed E-state index contributed by atoms with van der Waals surface area (Å²) in [6.07, 6.45) is -4.92. The van der Waals surface area contributed by atoms with Crippen molar-refractivity contribution >= 4 is 5.78 Å². The van der Waals surface area contributed by atoms with Crippen LogP contribution in [0.5, 0.6) is 0 Å². The number of aromatic nitrogens is 2. The Labute approximate surface area is 99.3 Å². The number of rotatable bonds is 3. The molecule has 0 aliphatic carbocycles. The largest absolute Gasteiger partial charge is 0.391 e. The summed E-state index contributed by atoms with van der Waals surface area (Å²) in [7, 11) is 0. The average Bonchev–Trinajstić information content (AvgIpc) is 2.13. The lowest BCUT2D eigenvalue weighted by atomic mass is 10.2. The van der Waals surface area contributed by atoms with Crippen molar-refractivity contribution in [3.05, 3.63) is 32.6 Å². The molecule has 5 nitrogen and oxygen atoms in total. The van der Waals surface area contributed by atoms with Crippen molar-refractivity contribution < 1.29 is 18.0 Å². The number of nitrogens with one attached hydrogen (secondary N) is 1. The van der Waals surface area contributed by atoms with Gasteiger partial charge in [-0.05, 0) is 13.8 Å². The third kappa shape index (κ3) is 3.08. The summed E-state index contributed by atoms with van der Waals surface area (Å²) in [5.74, 6) is -0.621. The van der Waals surface area contributed by atoms with Crippen molar-refractivity contribution in [3.8, 4) is 0 Å². The minimum Gasteiger partial charge on any atom is -0.313 e. The summed E-state index contributed by atoms with van der Waals surface area (Å²) in [4.78, 5) is 36.2. The van der Waals surface area contributed by atoms with E-state index < -0.39 is 35.7 Å². The van der Waals surface area contributed by atoms with Crippen molar-refractivity contribution in [2.45, 2.75) is 32.5 Å². The second kappa shape index (κ2) is 4.79. The number of carbonyl (C=O) groups excluding carboxylic acids is 1. The van der Waals surface area contributed by atoms with Gasteiger partial charge in [0.2, 0.25) is 0 Å². The Morgan fingerprint density at radius 3 is 2.44 bits per heavy atom. The first-order valence-electron chi connectivity index (χ1n) is 5.05. The molecule has 100 valence electrons. The van der Waals surface area contributed by atoms with Crippen LogP contribution in [0, 0.1) is 0 Å². The molecule has 0 spiro atoms. The zero-order valence-electron chi connectivity index (χ0n) is 9.67. The molecule has 8 heteroatoms. The molecule has 0 fully saturated rings. The molecule has 1 rings (SSSR count). The molecule has 1 unspecified atom stereocenters. The second-order valence-electron chi connectivity index (χ2n) is 3.91. The number of alkyl halides is 3. The lowest BCUT2D eigenvalue weighted by Crippen LogP contribution is -2.40. The average molecular weight is 264 g/mol. The third-order valence-corrected chi connectivity index (χ3v) is 2.35. The van der Waals surface area contributed by atoms with E-state index in [1.165, 1.54) is 0 Å². The molecular weight excluding hydrogens is 253 g/mol. The lowest BCUT2D eigenvalue weighted by molar-refractivity contribution is -0.142. The Bertz CT molecular complexity index is 571. The van der Waals surface area contributed by atoms with E-state index in [9.17, 15) is 27.6 Å². The van der Waals surface area contributed by atoms with E-state index in [0.29, 0.717) is 4.57 Å². The molecule has 1 heterocycles. The van der Waals surface area contributed by atoms with Gasteiger partial charge >= 0.3 is 11.9 Å². The first-order valence-corrected chi connectivity index (χ1v) is 5.05. The molecule has 0 aromatic carbocycles. The van der Waals surface area contributed by atoms with E-state index >= 15 is 0 Å². The number of hydrogen-bond acceptors (Lipinski definition) is 3. The minimum atomic E-state index is -4.50. The number of carbonyl (C=O) groups is 1. The number of nitrogens with zero attached hydrogens (tertiary/aromatic N) is 1. The van der Waals surface area contributed by atoms with Crippen molar-refractivity contribution in [2.75, 3.05) is 0 Å². The topological polar surface area (TPSA) is 71.9 Å². The minimum absolute atomic E-state index is 0.344. The van der Waals surface area contributed by atoms with Crippen molar-refractivity contribution in [3.63, 3.8) is 0 Å². The van der Waals surface area contributed by atoms with E-state index in [2.05, 4.69) is 4.98 Å². The maximum atomic E-state index is 12.2. The van der Waals surface area contributed by atoms with Crippen LogP contribution in [-0.4, -0.2) is 21.5 Å². The van der Waals surface area contributed by atoms with E-state index in [1.54, 1.807) is 0 Å². The van der Waals surface area contributed by atoms with E-state index in [-0.39, 0.29) is 5.56 Å². The van der Waals surface area contributed by atoms with E-state index in [0.717, 1.165) is 20.0 Å². The Kier molecular flexibility index (Phi) is 3.78. The van der Waals surface area contributed by atoms with Gasteiger partial charge in [0, 0.05) is 12.2 Å². The quantitative estimate of drug-likeness (QED) is 0.835. The number of hydrogen-bond donors (Lipinski definition) is 1. The van der Waals surface area contributed by atoms with Crippen LogP contribution in [0.25, 0.3) is 0 Å². The van der Waals surface area contributed by atoms with Gasteiger partial charge in [-0.2, -0.15) is 13.2 Å². The molecule has 0 aliphatic rings. The fraction of sp³-hybridized carbons (Fsp3) is 0.500. The zero-order valence-corrected chi connectivity index (χ0v) is 9.67. The van der Waals surface area contributed by atoms with Gasteiger partial charge < -0.3 is 4.98 Å². The smallest absolute Gasteiger partial charge is 0.313 e. The number of Topliss-reactive ketones (excluding diaryl/α,β-unsaturated/α-hetero) is 1. The highest BCUT2D eigenvalue weighted by Crippen LogP contribution is 2.25. The van der Waals surface area contributed by atoms with Gasteiger partial charge in [0.15, 0.2) is 5.78 Å². The first-order chi connectivity index (χ1) is 8.13. The molecule has 1 atom stereocenters. The predicted molar refractivity (Wildman–Crippen MR) is 56.7 cm³/mol. The SMILES string of the molecule is CC(=O)c1c[nH]c(=O)n(C(C)CC(F)(F)F)c1=O. The third-order valence-electron chi connectivity index (χ3n) is 2.35. The molecule has 0 saturated carbocycles. The maximum absolute atomic E-state index is 12.2. The van der Waals surface area contributed by atoms with Crippen molar-refractivity contribution in [2.24, 2.45) is 0 Å². The van der Waals surface area contributed by atoms with Crippen molar-refractivity contribution in [1.29, 1.82) is 0 Å². The number of ketones is 1. The summed E-state index contributed by atoms with van der Waals surface area (Å²) in [5, 5.41) is 0. The molecular formula is C10H11F3N2O3. The van der Waals surface area contributed by atoms with Gasteiger partial charge in [-0.15, -0.1) is 0 Å². The van der Waals surface area contributed by atoms with Crippen LogP contribution in [0.3, 0.4) is 0 Å². The van der Waals surface area contributed by atoms with Gasteiger partial charge in [0.1, 0.15) is 0 Å². The molecule has 0 aliphatic heterocycles. The predicted octanol–water partition coefficient (Wildman–Crippen LogP) is 1.25. The standard InChI is InChI=1S/C10H11F3N2O3/c1-5(3-10(11,12)13)15-8(17)7(6(2)16)4-14-9(15)18/h4-5H,3H2,1-2H3,(H,14,18). The summed E-state index contributed by atoms with van der Waals surface area (Å²) >= 11 is 0. The van der Waals surface area contributed by atoms with Crippen LogP contribution in [-0.2, 0) is 0 Å². The molecule has 0 saturated heterocycles. The summed E-state index contributed by atoms with van der Waals surface area (Å²) in [5.41, 5.74) is -2.33. The normalized spacial score (nSPS) is 13.4. The highest BCUT2D eigenvalue weighted by molar-refractivity contribution is 5.93. The van der Waals surface area contributed by atoms with Crippen LogP contribution in [0.2, 0.25) is 0 Å². The molecule has 18 heavy (non-hydrogen) atoms. The summed E-state index contributed by atoms with van der Waals surface area (Å²) in [6, 6.07) is -1.37. The molecule has 1 N–H and O–H groups in total. The molecule has 1 aromatic heterocycles.